The second-order valence-electron chi connectivity index (χ2n) is 3.59. The van der Waals surface area contributed by atoms with Crippen molar-refractivity contribution in [3.8, 4) is 5.75 Å². The van der Waals surface area contributed by atoms with E-state index < -0.39 is 41.7 Å². The Balaban J connectivity index is 3.15. The molecule has 20 heavy (non-hydrogen) atoms. The fraction of sp³-hybridized carbons (Fsp3) is 0.300. The van der Waals surface area contributed by atoms with Crippen molar-refractivity contribution in [2.45, 2.75) is 12.4 Å². The van der Waals surface area contributed by atoms with Crippen molar-refractivity contribution in [3.05, 3.63) is 29.3 Å². The third-order valence-electron chi connectivity index (χ3n) is 2.08. The van der Waals surface area contributed by atoms with Gasteiger partial charge in [0.05, 0.1) is 5.56 Å². The van der Waals surface area contributed by atoms with Crippen LogP contribution in [0.3, 0.4) is 0 Å². The number of hydrogen-bond acceptors (Lipinski definition) is 3. The van der Waals surface area contributed by atoms with Gasteiger partial charge in [-0.3, -0.25) is 0 Å². The molecule has 4 nitrogen and oxygen atoms in total. The Morgan fingerprint density at radius 2 is 1.80 bits per heavy atom. The molecule has 0 aliphatic carbocycles. The monoisotopic (exact) mass is 302 g/mol. The standard InChI is InChI=1S/C10H8F6N2O2/c11-9(12,13)4-20-5-1-2-7(10(14,15)16)6(3-5)8(17)18-19/h1-3,19H,4H2,(H2,17,18). The summed E-state index contributed by atoms with van der Waals surface area (Å²) in [6.07, 6.45) is -9.45. The fourth-order valence-electron chi connectivity index (χ4n) is 1.29. The first-order chi connectivity index (χ1) is 9.04. The molecule has 3 N–H and O–H groups in total. The molecular formula is C10H8F6N2O2. The van der Waals surface area contributed by atoms with Crippen LogP contribution in [0.15, 0.2) is 23.4 Å². The van der Waals surface area contributed by atoms with Crippen LogP contribution in [0.1, 0.15) is 11.1 Å². The number of hydrogen-bond donors (Lipinski definition) is 2. The quantitative estimate of drug-likeness (QED) is 0.296. The molecule has 0 amide bonds. The number of amidine groups is 1. The Labute approximate surface area is 108 Å². The highest BCUT2D eigenvalue weighted by molar-refractivity contribution is 5.99. The minimum absolute atomic E-state index is 0.485. The van der Waals surface area contributed by atoms with Gasteiger partial charge in [-0.1, -0.05) is 5.16 Å². The van der Waals surface area contributed by atoms with E-state index in [4.69, 9.17) is 10.9 Å². The van der Waals surface area contributed by atoms with E-state index in [-0.39, 0.29) is 0 Å². The average molecular weight is 302 g/mol. The third kappa shape index (κ3) is 4.21. The molecule has 10 heteroatoms. The van der Waals surface area contributed by atoms with E-state index in [1.807, 2.05) is 0 Å². The predicted molar refractivity (Wildman–Crippen MR) is 55.5 cm³/mol. The normalized spacial score (nSPS) is 13.4. The SMILES string of the molecule is N/C(=N/O)c1cc(OCC(F)(F)F)ccc1C(F)(F)F. The minimum Gasteiger partial charge on any atom is -0.484 e. The van der Waals surface area contributed by atoms with Crippen molar-refractivity contribution in [2.75, 3.05) is 6.61 Å². The maximum atomic E-state index is 12.6. The molecule has 0 aromatic heterocycles. The zero-order valence-electron chi connectivity index (χ0n) is 9.59. The van der Waals surface area contributed by atoms with Crippen LogP contribution in [0, 0.1) is 0 Å². The summed E-state index contributed by atoms with van der Waals surface area (Å²) in [6, 6.07) is 1.81. The Morgan fingerprint density at radius 3 is 2.25 bits per heavy atom. The summed E-state index contributed by atoms with van der Waals surface area (Å²) in [6.45, 7) is -1.67. The molecule has 0 spiro atoms. The largest absolute Gasteiger partial charge is 0.484 e. The molecule has 1 aromatic rings. The summed E-state index contributed by atoms with van der Waals surface area (Å²) >= 11 is 0. The Bertz CT molecular complexity index is 509. The molecule has 1 rings (SSSR count). The maximum Gasteiger partial charge on any atom is 0.422 e. The van der Waals surface area contributed by atoms with Crippen LogP contribution < -0.4 is 10.5 Å². The van der Waals surface area contributed by atoms with Crippen molar-refractivity contribution in [1.29, 1.82) is 0 Å². The van der Waals surface area contributed by atoms with Crippen LogP contribution in [0.25, 0.3) is 0 Å². The Kier molecular flexibility index (Phi) is 4.36. The van der Waals surface area contributed by atoms with E-state index in [1.54, 1.807) is 0 Å². The van der Waals surface area contributed by atoms with Crippen LogP contribution >= 0.6 is 0 Å². The van der Waals surface area contributed by atoms with E-state index in [1.165, 1.54) is 0 Å². The van der Waals surface area contributed by atoms with Gasteiger partial charge in [-0.05, 0) is 18.2 Å². The highest BCUT2D eigenvalue weighted by atomic mass is 19.4. The average Bonchev–Trinajstić information content (AvgIpc) is 2.33. The van der Waals surface area contributed by atoms with Crippen molar-refractivity contribution in [3.63, 3.8) is 0 Å². The van der Waals surface area contributed by atoms with E-state index in [0.717, 1.165) is 0 Å². The number of nitrogens with two attached hydrogens (primary N) is 1. The number of halogens is 6. The van der Waals surface area contributed by atoms with Gasteiger partial charge in [-0.15, -0.1) is 0 Å². The minimum atomic E-state index is -4.81. The fourth-order valence-corrected chi connectivity index (χ4v) is 1.29. The highest BCUT2D eigenvalue weighted by Gasteiger charge is 2.35. The first kappa shape index (κ1) is 15.9. The summed E-state index contributed by atoms with van der Waals surface area (Å²) in [4.78, 5) is 0. The van der Waals surface area contributed by atoms with E-state index in [0.29, 0.717) is 18.2 Å². The zero-order chi connectivity index (χ0) is 15.6. The summed E-state index contributed by atoms with van der Waals surface area (Å²) in [7, 11) is 0. The molecule has 0 aliphatic heterocycles. The van der Waals surface area contributed by atoms with Gasteiger partial charge in [0.15, 0.2) is 12.4 Å². The van der Waals surface area contributed by atoms with Crippen molar-refractivity contribution in [1.82, 2.24) is 0 Å². The second-order valence-corrected chi connectivity index (χ2v) is 3.59. The third-order valence-corrected chi connectivity index (χ3v) is 2.08. The lowest BCUT2D eigenvalue weighted by atomic mass is 10.1. The zero-order valence-corrected chi connectivity index (χ0v) is 9.59. The molecule has 0 bridgehead atoms. The van der Waals surface area contributed by atoms with Crippen LogP contribution in [0.4, 0.5) is 26.3 Å². The molecular weight excluding hydrogens is 294 g/mol. The number of benzene rings is 1. The van der Waals surface area contributed by atoms with Crippen LogP contribution in [0.2, 0.25) is 0 Å². The van der Waals surface area contributed by atoms with Gasteiger partial charge >= 0.3 is 12.4 Å². The molecule has 0 radical (unpaired) electrons. The van der Waals surface area contributed by atoms with Gasteiger partial charge in [-0.25, -0.2) is 0 Å². The predicted octanol–water partition coefficient (Wildman–Crippen LogP) is 2.74. The van der Waals surface area contributed by atoms with Gasteiger partial charge < -0.3 is 15.7 Å². The van der Waals surface area contributed by atoms with E-state index in [9.17, 15) is 26.3 Å². The maximum absolute atomic E-state index is 12.6. The number of ether oxygens (including phenoxy) is 1. The number of alkyl halides is 6. The van der Waals surface area contributed by atoms with Crippen molar-refractivity contribution >= 4 is 5.84 Å². The molecule has 0 fully saturated rings. The molecule has 0 saturated carbocycles. The molecule has 1 aromatic carbocycles. The summed E-state index contributed by atoms with van der Waals surface area (Å²) in [5, 5.41) is 10.8. The van der Waals surface area contributed by atoms with Gasteiger partial charge in [0, 0.05) is 5.56 Å². The Morgan fingerprint density at radius 1 is 1.20 bits per heavy atom. The van der Waals surface area contributed by atoms with Crippen LogP contribution in [0.5, 0.6) is 5.75 Å². The molecule has 0 unspecified atom stereocenters. The lowest BCUT2D eigenvalue weighted by Crippen LogP contribution is -2.22. The second kappa shape index (κ2) is 5.47. The van der Waals surface area contributed by atoms with Gasteiger partial charge in [0.1, 0.15) is 5.75 Å². The van der Waals surface area contributed by atoms with Gasteiger partial charge in [-0.2, -0.15) is 26.3 Å². The topological polar surface area (TPSA) is 67.8 Å². The molecule has 0 aliphatic rings. The van der Waals surface area contributed by atoms with Crippen molar-refractivity contribution in [2.24, 2.45) is 10.9 Å². The summed E-state index contributed by atoms with van der Waals surface area (Å²) < 4.78 is 78.0. The number of nitrogens with zero attached hydrogens (tertiary/aromatic N) is 1. The molecule has 0 atom stereocenters. The van der Waals surface area contributed by atoms with E-state index >= 15 is 0 Å². The summed E-state index contributed by atoms with van der Waals surface area (Å²) in [5.74, 6) is -1.38. The highest BCUT2D eigenvalue weighted by Crippen LogP contribution is 2.34. The van der Waals surface area contributed by atoms with E-state index in [2.05, 4.69) is 9.89 Å². The van der Waals surface area contributed by atoms with Gasteiger partial charge in [0.25, 0.3) is 0 Å². The van der Waals surface area contributed by atoms with Crippen LogP contribution in [-0.4, -0.2) is 23.8 Å². The van der Waals surface area contributed by atoms with Crippen LogP contribution in [-0.2, 0) is 6.18 Å². The number of rotatable bonds is 3. The smallest absolute Gasteiger partial charge is 0.422 e. The molecule has 0 heterocycles. The van der Waals surface area contributed by atoms with Crippen molar-refractivity contribution < 1.29 is 36.3 Å². The summed E-state index contributed by atoms with van der Waals surface area (Å²) in [5.41, 5.74) is 3.03. The Hall–Kier alpha value is -2.13. The lowest BCUT2D eigenvalue weighted by molar-refractivity contribution is -0.153. The van der Waals surface area contributed by atoms with Gasteiger partial charge in [0.2, 0.25) is 0 Å². The molecule has 112 valence electrons. The molecule has 0 saturated heterocycles. The first-order valence-electron chi connectivity index (χ1n) is 4.93. The number of oxime groups is 1. The first-order valence-corrected chi connectivity index (χ1v) is 4.93. The lowest BCUT2D eigenvalue weighted by Gasteiger charge is -2.14.